The number of ether oxygens (including phenoxy) is 2. The largest absolute Gasteiger partial charge is 0.368 e. The molecule has 0 rings (SSSR count). The Morgan fingerprint density at radius 1 is 1.50 bits per heavy atom. The molecular weight excluding hydrogens is 160 g/mol. The van der Waals surface area contributed by atoms with Gasteiger partial charge in [0.25, 0.3) is 0 Å². The van der Waals surface area contributed by atoms with Crippen molar-refractivity contribution in [2.75, 3.05) is 14.2 Å². The lowest BCUT2D eigenvalue weighted by Crippen LogP contribution is -2.47. The molecule has 0 aliphatic rings. The molecule has 4 heteroatoms. The number of rotatable bonds is 5. The van der Waals surface area contributed by atoms with Crippen molar-refractivity contribution in [1.29, 1.82) is 0 Å². The molecule has 0 aromatic carbocycles. The molecule has 0 heterocycles. The quantitative estimate of drug-likeness (QED) is 0.580. The number of hydrogen-bond acceptors (Lipinski definition) is 3. The molecule has 1 radical (unpaired) electrons. The number of hydrogen-bond donors (Lipinski definition) is 0. The summed E-state index contributed by atoms with van der Waals surface area (Å²) < 4.78 is 9.47. The van der Waals surface area contributed by atoms with Gasteiger partial charge in [-0.25, -0.2) is 0 Å². The summed E-state index contributed by atoms with van der Waals surface area (Å²) in [4.78, 5) is 10.9. The Bertz CT molecular complexity index is 151. The maximum Gasteiger partial charge on any atom is 0.234 e. The average Bonchev–Trinajstić information content (AvgIpc) is 2.04. The summed E-state index contributed by atoms with van der Waals surface area (Å²) in [7, 11) is 2.61. The zero-order valence-electron chi connectivity index (χ0n) is 7.92. The minimum absolute atomic E-state index is 0.196. The van der Waals surface area contributed by atoms with Crippen molar-refractivity contribution >= 4 is 5.78 Å². The van der Waals surface area contributed by atoms with E-state index in [4.69, 9.17) is 9.47 Å². The van der Waals surface area contributed by atoms with Crippen LogP contribution in [0.3, 0.4) is 0 Å². The number of Topliss-reactive ketones (excluding diaryl/α,β-unsaturated/α-hetero) is 1. The Labute approximate surface area is 72.5 Å². The molecule has 0 aromatic rings. The van der Waals surface area contributed by atoms with Gasteiger partial charge in [-0.15, -0.1) is 0 Å². The Balaban J connectivity index is 4.54. The first-order chi connectivity index (χ1) is 5.51. The lowest BCUT2D eigenvalue weighted by molar-refractivity contribution is -0.274. The molecule has 71 valence electrons. The summed E-state index contributed by atoms with van der Waals surface area (Å²) in [6, 6.07) is 0. The topological polar surface area (TPSA) is 55.4 Å². The third kappa shape index (κ3) is 2.27. The van der Waals surface area contributed by atoms with Crippen LogP contribution in [0.25, 0.3) is 0 Å². The van der Waals surface area contributed by atoms with Gasteiger partial charge in [-0.1, -0.05) is 6.92 Å². The fourth-order valence-corrected chi connectivity index (χ4v) is 1.09. The van der Waals surface area contributed by atoms with E-state index >= 15 is 0 Å². The summed E-state index contributed by atoms with van der Waals surface area (Å²) in [5.74, 6) is -2.06. The van der Waals surface area contributed by atoms with Gasteiger partial charge in [0.15, 0.2) is 11.9 Å². The minimum Gasteiger partial charge on any atom is -0.368 e. The Morgan fingerprint density at radius 3 is 2.08 bits per heavy atom. The molecule has 0 amide bonds. The number of carbonyl (C=O) groups excluding carboxylic acids is 1. The van der Waals surface area contributed by atoms with Gasteiger partial charge in [0, 0.05) is 20.6 Å². The van der Waals surface area contributed by atoms with Crippen LogP contribution in [0.5, 0.6) is 0 Å². The molecule has 2 atom stereocenters. The molecule has 0 spiro atoms. The van der Waals surface area contributed by atoms with Crippen LogP contribution in [0.4, 0.5) is 0 Å². The van der Waals surface area contributed by atoms with Crippen LogP contribution < -0.4 is 0 Å². The summed E-state index contributed by atoms with van der Waals surface area (Å²) in [6.07, 6.45) is -0.825. The van der Waals surface area contributed by atoms with Gasteiger partial charge in [0.1, 0.15) is 0 Å². The molecule has 4 nitrogen and oxygen atoms in total. The van der Waals surface area contributed by atoms with Gasteiger partial charge in [0.2, 0.25) is 5.79 Å². The highest BCUT2D eigenvalue weighted by molar-refractivity contribution is 5.81. The van der Waals surface area contributed by atoms with E-state index in [9.17, 15) is 9.90 Å². The Hall–Kier alpha value is -0.450. The third-order valence-electron chi connectivity index (χ3n) is 1.84. The van der Waals surface area contributed by atoms with Crippen LogP contribution >= 0.6 is 0 Å². The second kappa shape index (κ2) is 4.54. The predicted octanol–water partition coefficient (Wildman–Crippen LogP) is 0.774. The van der Waals surface area contributed by atoms with E-state index < -0.39 is 11.9 Å². The fourth-order valence-electron chi connectivity index (χ4n) is 1.09. The van der Waals surface area contributed by atoms with Crippen molar-refractivity contribution in [3.63, 3.8) is 0 Å². The summed E-state index contributed by atoms with van der Waals surface area (Å²) >= 11 is 0. The first-order valence-corrected chi connectivity index (χ1v) is 3.80. The first kappa shape index (κ1) is 11.6. The normalized spacial score (nSPS) is 18.4. The van der Waals surface area contributed by atoms with Crippen molar-refractivity contribution in [3.05, 3.63) is 0 Å². The van der Waals surface area contributed by atoms with E-state index in [1.54, 1.807) is 6.92 Å². The Kier molecular flexibility index (Phi) is 4.37. The van der Waals surface area contributed by atoms with Gasteiger partial charge in [-0.05, 0) is 6.92 Å². The fraction of sp³-hybridized carbons (Fsp3) is 0.875. The molecule has 0 aromatic heterocycles. The molecule has 0 aliphatic heterocycles. The third-order valence-corrected chi connectivity index (χ3v) is 1.84. The van der Waals surface area contributed by atoms with Gasteiger partial charge in [0.05, 0.1) is 0 Å². The highest BCUT2D eigenvalue weighted by atomic mass is 16.6. The average molecular weight is 175 g/mol. The van der Waals surface area contributed by atoms with Crippen LogP contribution in [0.1, 0.15) is 20.3 Å². The first-order valence-electron chi connectivity index (χ1n) is 3.80. The number of methoxy groups -OCH3 is 2. The van der Waals surface area contributed by atoms with E-state index in [0.29, 0.717) is 0 Å². The minimum atomic E-state index is -1.75. The number of ketones is 1. The lowest BCUT2D eigenvalue weighted by atomic mass is 10.0. The smallest absolute Gasteiger partial charge is 0.234 e. The predicted molar refractivity (Wildman–Crippen MR) is 42.2 cm³/mol. The second-order valence-electron chi connectivity index (χ2n) is 2.60. The highest BCUT2D eigenvalue weighted by Gasteiger charge is 2.40. The second-order valence-corrected chi connectivity index (χ2v) is 2.60. The van der Waals surface area contributed by atoms with Crippen molar-refractivity contribution in [2.24, 2.45) is 0 Å². The number of carbonyl (C=O) groups is 1. The molecule has 0 aliphatic carbocycles. The lowest BCUT2D eigenvalue weighted by Gasteiger charge is -2.28. The highest BCUT2D eigenvalue weighted by Crippen LogP contribution is 2.20. The summed E-state index contributed by atoms with van der Waals surface area (Å²) in [6.45, 7) is 2.97. The maximum atomic E-state index is 11.6. The van der Waals surface area contributed by atoms with Crippen molar-refractivity contribution in [1.82, 2.24) is 0 Å². The zero-order chi connectivity index (χ0) is 9.78. The molecular formula is C8H15O4. The van der Waals surface area contributed by atoms with Crippen LogP contribution in [0.15, 0.2) is 0 Å². The molecule has 0 saturated heterocycles. The summed E-state index contributed by atoms with van der Waals surface area (Å²) in [5.41, 5.74) is 0. The summed E-state index contributed by atoms with van der Waals surface area (Å²) in [5, 5.41) is 11.6. The molecule has 12 heavy (non-hydrogen) atoms. The molecule has 0 N–H and O–H groups in total. The van der Waals surface area contributed by atoms with Crippen LogP contribution in [0.2, 0.25) is 0 Å². The van der Waals surface area contributed by atoms with Gasteiger partial charge >= 0.3 is 0 Å². The van der Waals surface area contributed by atoms with Crippen LogP contribution in [-0.2, 0) is 19.4 Å². The monoisotopic (exact) mass is 175 g/mol. The van der Waals surface area contributed by atoms with Crippen molar-refractivity contribution in [2.45, 2.75) is 32.2 Å². The SMILES string of the molecule is CCC([O])(OC)C(OC)C(C)=O. The van der Waals surface area contributed by atoms with Gasteiger partial charge in [-0.2, -0.15) is 5.11 Å². The maximum absolute atomic E-state index is 11.6. The Morgan fingerprint density at radius 2 is 2.00 bits per heavy atom. The van der Waals surface area contributed by atoms with Crippen LogP contribution in [0, 0.1) is 0 Å². The van der Waals surface area contributed by atoms with E-state index in [1.165, 1.54) is 21.1 Å². The molecule has 0 fully saturated rings. The van der Waals surface area contributed by atoms with Crippen LogP contribution in [-0.4, -0.2) is 31.9 Å². The van der Waals surface area contributed by atoms with Crippen molar-refractivity contribution < 1.29 is 19.4 Å². The molecule has 2 unspecified atom stereocenters. The van der Waals surface area contributed by atoms with E-state index in [1.807, 2.05) is 0 Å². The van der Waals surface area contributed by atoms with E-state index in [2.05, 4.69) is 0 Å². The van der Waals surface area contributed by atoms with E-state index in [-0.39, 0.29) is 12.2 Å². The zero-order valence-corrected chi connectivity index (χ0v) is 7.92. The molecule has 0 bridgehead atoms. The van der Waals surface area contributed by atoms with Gasteiger partial charge < -0.3 is 9.47 Å². The standard InChI is InChI=1S/C8H15O4/c1-5-8(10,12-4)7(11-3)6(2)9/h7H,5H2,1-4H3. The van der Waals surface area contributed by atoms with E-state index in [0.717, 1.165) is 0 Å². The molecule has 0 saturated carbocycles. The van der Waals surface area contributed by atoms with Gasteiger partial charge in [-0.3, -0.25) is 4.79 Å². The van der Waals surface area contributed by atoms with Crippen molar-refractivity contribution in [3.8, 4) is 0 Å².